The highest BCUT2D eigenvalue weighted by atomic mass is 16.5. The first kappa shape index (κ1) is 21.6. The van der Waals surface area contributed by atoms with E-state index in [4.69, 9.17) is 15.9 Å². The highest BCUT2D eigenvalue weighted by Crippen LogP contribution is 2.16. The van der Waals surface area contributed by atoms with Gasteiger partial charge in [0.25, 0.3) is 11.5 Å². The Balaban J connectivity index is 1.64. The number of carboxylic acid groups (broad SMARTS) is 2. The zero-order valence-electron chi connectivity index (χ0n) is 16.3. The summed E-state index contributed by atoms with van der Waals surface area (Å²) in [4.78, 5) is 55.7. The van der Waals surface area contributed by atoms with Crippen LogP contribution in [0.15, 0.2) is 35.3 Å². The minimum absolute atomic E-state index is 0.0351. The van der Waals surface area contributed by atoms with Crippen molar-refractivity contribution in [3.05, 3.63) is 57.5 Å². The molecule has 2 aromatic heterocycles. The summed E-state index contributed by atoms with van der Waals surface area (Å²) in [6.07, 6.45) is 2.27. The molecule has 0 unspecified atom stereocenters. The molecule has 2 heterocycles. The molecule has 0 aliphatic carbocycles. The number of carboxylic acids is 2. The van der Waals surface area contributed by atoms with E-state index in [1.54, 1.807) is 30.5 Å². The summed E-state index contributed by atoms with van der Waals surface area (Å²) < 4.78 is 0. The number of amides is 1. The van der Waals surface area contributed by atoms with Crippen molar-refractivity contribution in [1.82, 2.24) is 20.3 Å². The van der Waals surface area contributed by atoms with Gasteiger partial charge in [0, 0.05) is 18.2 Å². The number of rotatable bonds is 9. The van der Waals surface area contributed by atoms with Crippen molar-refractivity contribution in [2.45, 2.75) is 31.7 Å². The van der Waals surface area contributed by atoms with Gasteiger partial charge in [-0.1, -0.05) is 12.1 Å². The molecule has 0 aliphatic heterocycles. The topological polar surface area (TPSA) is 191 Å². The zero-order chi connectivity index (χ0) is 22.5. The maximum Gasteiger partial charge on any atom is 0.326 e. The number of aromatic nitrogens is 3. The smallest absolute Gasteiger partial charge is 0.326 e. The molecule has 0 bridgehead atoms. The fraction of sp³-hybridized carbons (Fsp3) is 0.250. The molecule has 3 aromatic rings. The van der Waals surface area contributed by atoms with Gasteiger partial charge in [0.1, 0.15) is 11.7 Å². The van der Waals surface area contributed by atoms with E-state index >= 15 is 0 Å². The summed E-state index contributed by atoms with van der Waals surface area (Å²) in [6, 6.07) is 5.30. The summed E-state index contributed by atoms with van der Waals surface area (Å²) in [5.74, 6) is -3.00. The van der Waals surface area contributed by atoms with Crippen LogP contribution in [0.3, 0.4) is 0 Å². The van der Waals surface area contributed by atoms with Gasteiger partial charge in [0.2, 0.25) is 5.95 Å². The zero-order valence-corrected chi connectivity index (χ0v) is 16.3. The lowest BCUT2D eigenvalue weighted by Crippen LogP contribution is -2.41. The Morgan fingerprint density at radius 1 is 1.13 bits per heavy atom. The van der Waals surface area contributed by atoms with Gasteiger partial charge in [-0.15, -0.1) is 0 Å². The first-order valence-corrected chi connectivity index (χ1v) is 9.44. The molecular formula is C20H21N5O6. The van der Waals surface area contributed by atoms with Crippen LogP contribution in [0.4, 0.5) is 5.95 Å². The third-order valence-corrected chi connectivity index (χ3v) is 4.79. The maximum absolute atomic E-state index is 12.3. The molecule has 1 amide bonds. The number of nitrogens with two attached hydrogens (primary N) is 1. The lowest BCUT2D eigenvalue weighted by Gasteiger charge is -2.13. The number of nitrogens with zero attached hydrogens (tertiary/aromatic N) is 1. The summed E-state index contributed by atoms with van der Waals surface area (Å²) in [5.41, 5.74) is 7.59. The Kier molecular flexibility index (Phi) is 6.34. The van der Waals surface area contributed by atoms with Crippen molar-refractivity contribution < 1.29 is 24.6 Å². The normalized spacial score (nSPS) is 11.9. The summed E-state index contributed by atoms with van der Waals surface area (Å²) in [7, 11) is 0. The second kappa shape index (κ2) is 9.11. The number of benzene rings is 1. The molecule has 0 aliphatic rings. The molecule has 0 fully saturated rings. The Labute approximate surface area is 175 Å². The fourth-order valence-electron chi connectivity index (χ4n) is 3.19. The molecule has 0 spiro atoms. The van der Waals surface area contributed by atoms with E-state index in [2.05, 4.69) is 20.3 Å². The number of aromatic amines is 2. The lowest BCUT2D eigenvalue weighted by molar-refractivity contribution is -0.140. The predicted molar refractivity (Wildman–Crippen MR) is 111 cm³/mol. The van der Waals surface area contributed by atoms with Gasteiger partial charge in [0.15, 0.2) is 0 Å². The van der Waals surface area contributed by atoms with Gasteiger partial charge in [-0.2, -0.15) is 4.98 Å². The minimum atomic E-state index is -1.30. The van der Waals surface area contributed by atoms with Crippen molar-refractivity contribution in [1.29, 1.82) is 0 Å². The first-order chi connectivity index (χ1) is 14.7. The average molecular weight is 432 g/mol. The van der Waals surface area contributed by atoms with Gasteiger partial charge in [-0.25, -0.2) is 4.79 Å². The van der Waals surface area contributed by atoms with Crippen LogP contribution in [-0.4, -0.2) is 49.1 Å². The van der Waals surface area contributed by atoms with Crippen molar-refractivity contribution in [2.75, 3.05) is 5.73 Å². The Bertz CT molecular complexity index is 1180. The van der Waals surface area contributed by atoms with Crippen LogP contribution in [-0.2, 0) is 22.4 Å². The van der Waals surface area contributed by atoms with Crippen LogP contribution in [0.5, 0.6) is 0 Å². The highest BCUT2D eigenvalue weighted by molar-refractivity contribution is 5.96. The van der Waals surface area contributed by atoms with Crippen LogP contribution in [0.1, 0.15) is 34.3 Å². The second-order valence-corrected chi connectivity index (χ2v) is 6.98. The number of nitrogen functional groups attached to an aromatic ring is 1. The number of aryl methyl sites for hydroxylation is 2. The SMILES string of the molecule is Nc1nc2[nH]cc(CCc3ccc(C(=O)N[13C@@H]([13CH2][13CH2][13C](=O)O)[13C](=O)O)cc3)c2c(=O)[nH]1. The Morgan fingerprint density at radius 3 is 2.48 bits per heavy atom. The van der Waals surface area contributed by atoms with Crippen LogP contribution >= 0.6 is 0 Å². The van der Waals surface area contributed by atoms with E-state index in [0.717, 1.165) is 11.1 Å². The molecule has 1 aromatic carbocycles. The molecular weight excluding hydrogens is 411 g/mol. The summed E-state index contributed by atoms with van der Waals surface area (Å²) in [6.45, 7) is 0. The van der Waals surface area contributed by atoms with E-state index in [1.807, 2.05) is 0 Å². The number of H-pyrrole nitrogens is 2. The van der Waals surface area contributed by atoms with Crippen LogP contribution < -0.4 is 16.6 Å². The van der Waals surface area contributed by atoms with Gasteiger partial charge in [-0.05, 0) is 42.5 Å². The highest BCUT2D eigenvalue weighted by Gasteiger charge is 2.21. The van der Waals surface area contributed by atoms with Crippen molar-refractivity contribution in [2.24, 2.45) is 0 Å². The van der Waals surface area contributed by atoms with Gasteiger partial charge in [0.05, 0.1) is 5.39 Å². The minimum Gasteiger partial charge on any atom is -0.481 e. The third-order valence-electron chi connectivity index (χ3n) is 4.79. The summed E-state index contributed by atoms with van der Waals surface area (Å²) >= 11 is 0. The molecule has 3 rings (SSSR count). The molecule has 11 nitrogen and oxygen atoms in total. The van der Waals surface area contributed by atoms with E-state index in [-0.39, 0.29) is 29.9 Å². The van der Waals surface area contributed by atoms with E-state index in [1.165, 1.54) is 0 Å². The lowest BCUT2D eigenvalue weighted by atomic mass is 10.0. The molecule has 0 saturated carbocycles. The van der Waals surface area contributed by atoms with Crippen molar-refractivity contribution in [3.8, 4) is 0 Å². The molecule has 31 heavy (non-hydrogen) atoms. The fourth-order valence-corrected chi connectivity index (χ4v) is 3.19. The number of hydrogen-bond donors (Lipinski definition) is 6. The quantitative estimate of drug-likeness (QED) is 0.266. The molecule has 0 radical (unpaired) electrons. The number of fused-ring (bicyclic) bond motifs is 1. The van der Waals surface area contributed by atoms with E-state index in [9.17, 15) is 19.2 Å². The molecule has 0 saturated heterocycles. The van der Waals surface area contributed by atoms with Gasteiger partial charge in [-0.3, -0.25) is 19.4 Å². The number of nitrogens with one attached hydrogen (secondary N) is 3. The van der Waals surface area contributed by atoms with E-state index < -0.39 is 23.9 Å². The Morgan fingerprint density at radius 2 is 1.84 bits per heavy atom. The van der Waals surface area contributed by atoms with Crippen LogP contribution in [0, 0.1) is 0 Å². The molecule has 7 N–H and O–H groups in total. The standard InChI is InChI=1S/C20H21N5O6/c21-20-24-16-15(18(29)25-20)12(9-22-16)6-3-10-1-4-11(5-2-10)17(28)23-13(19(30)31)7-8-14(26)27/h1-2,4-5,9,13H,3,6-8H2,(H,23,28)(H,26,27)(H,30,31)(H4,21,22,24,25,29)/t13-/m0/s1/i7+1,8+1,13+1,14+1,19+1. The van der Waals surface area contributed by atoms with Crippen LogP contribution in [0.2, 0.25) is 0 Å². The molecule has 1 atom stereocenters. The third kappa shape index (κ3) is 5.26. The van der Waals surface area contributed by atoms with Crippen molar-refractivity contribution >= 4 is 34.8 Å². The average Bonchev–Trinajstić information content (AvgIpc) is 3.12. The van der Waals surface area contributed by atoms with Crippen LogP contribution in [0.25, 0.3) is 11.0 Å². The largest absolute Gasteiger partial charge is 0.481 e. The number of carbonyl (C=O) groups is 3. The molecule has 162 valence electrons. The van der Waals surface area contributed by atoms with Gasteiger partial charge >= 0.3 is 11.9 Å². The number of anilines is 1. The summed E-state index contributed by atoms with van der Waals surface area (Å²) in [5, 5.41) is 20.6. The monoisotopic (exact) mass is 432 g/mol. The Hall–Kier alpha value is -4.15. The first-order valence-electron chi connectivity index (χ1n) is 9.44. The van der Waals surface area contributed by atoms with Crippen molar-refractivity contribution in [3.63, 3.8) is 0 Å². The second-order valence-electron chi connectivity index (χ2n) is 6.98. The number of hydrogen-bond acceptors (Lipinski definition) is 6. The number of aliphatic carboxylic acids is 2. The maximum atomic E-state index is 12.3. The predicted octanol–water partition coefficient (Wildman–Crippen LogP) is 0.666. The number of carbonyl (C=O) groups excluding carboxylic acids is 1. The van der Waals surface area contributed by atoms with E-state index in [0.29, 0.717) is 23.9 Å². The molecule has 11 heteroatoms. The van der Waals surface area contributed by atoms with Gasteiger partial charge < -0.3 is 26.2 Å².